The van der Waals surface area contributed by atoms with Crippen molar-refractivity contribution < 1.29 is 9.53 Å². The summed E-state index contributed by atoms with van der Waals surface area (Å²) in [5, 5.41) is 11.7. The molecule has 104 valence electrons. The lowest BCUT2D eigenvalue weighted by Crippen LogP contribution is -2.18. The molecule has 0 aliphatic carbocycles. The standard InChI is InChI=1S/C16H13N3O2/c17-9-11-1-3-13(8-14(11)18)21-12-4-5-15-10(7-12)2-6-16(20)19-15/h1,3-5,7-8H,2,6,18H2,(H,19,20). The maximum atomic E-state index is 11.3. The number of carbonyl (C=O) groups excluding carboxylic acids is 1. The van der Waals surface area contributed by atoms with Gasteiger partial charge in [-0.1, -0.05) is 0 Å². The molecule has 0 fully saturated rings. The molecule has 0 spiro atoms. The van der Waals surface area contributed by atoms with E-state index in [0.717, 1.165) is 11.3 Å². The molecule has 1 amide bonds. The molecule has 0 bridgehead atoms. The molecule has 1 aliphatic rings. The van der Waals surface area contributed by atoms with Crippen LogP contribution in [0.3, 0.4) is 0 Å². The Morgan fingerprint density at radius 3 is 2.67 bits per heavy atom. The number of nitrogens with one attached hydrogen (secondary N) is 1. The zero-order valence-electron chi connectivity index (χ0n) is 11.2. The molecule has 3 rings (SSSR count). The second-order valence-corrected chi connectivity index (χ2v) is 4.83. The van der Waals surface area contributed by atoms with Gasteiger partial charge in [0.05, 0.1) is 11.3 Å². The SMILES string of the molecule is N#Cc1ccc(Oc2ccc3c(c2)CCC(=O)N3)cc1N. The third-order valence-electron chi connectivity index (χ3n) is 3.35. The van der Waals surface area contributed by atoms with Gasteiger partial charge in [-0.25, -0.2) is 0 Å². The summed E-state index contributed by atoms with van der Waals surface area (Å²) < 4.78 is 5.75. The van der Waals surface area contributed by atoms with Gasteiger partial charge in [-0.05, 0) is 42.3 Å². The van der Waals surface area contributed by atoms with Crippen molar-refractivity contribution in [2.45, 2.75) is 12.8 Å². The second kappa shape index (κ2) is 5.17. The maximum absolute atomic E-state index is 11.3. The van der Waals surface area contributed by atoms with Gasteiger partial charge >= 0.3 is 0 Å². The van der Waals surface area contributed by atoms with Crippen molar-refractivity contribution in [3.05, 3.63) is 47.5 Å². The number of fused-ring (bicyclic) bond motifs is 1. The fraction of sp³-hybridized carbons (Fsp3) is 0.125. The Bertz CT molecular complexity index is 763. The van der Waals surface area contributed by atoms with Crippen LogP contribution in [-0.2, 0) is 11.2 Å². The van der Waals surface area contributed by atoms with Crippen LogP contribution in [0, 0.1) is 11.3 Å². The predicted molar refractivity (Wildman–Crippen MR) is 79.0 cm³/mol. The highest BCUT2D eigenvalue weighted by atomic mass is 16.5. The van der Waals surface area contributed by atoms with Crippen LogP contribution in [0.2, 0.25) is 0 Å². The molecule has 21 heavy (non-hydrogen) atoms. The van der Waals surface area contributed by atoms with Crippen LogP contribution >= 0.6 is 0 Å². The van der Waals surface area contributed by atoms with Crippen molar-refractivity contribution >= 4 is 17.3 Å². The number of anilines is 2. The number of aryl methyl sites for hydroxylation is 1. The minimum absolute atomic E-state index is 0.0380. The number of benzene rings is 2. The lowest BCUT2D eigenvalue weighted by molar-refractivity contribution is -0.116. The topological polar surface area (TPSA) is 88.1 Å². The van der Waals surface area contributed by atoms with Crippen LogP contribution in [0.1, 0.15) is 17.5 Å². The van der Waals surface area contributed by atoms with E-state index in [-0.39, 0.29) is 5.91 Å². The zero-order valence-corrected chi connectivity index (χ0v) is 11.2. The molecule has 3 N–H and O–H groups in total. The van der Waals surface area contributed by atoms with E-state index < -0.39 is 0 Å². The molecule has 2 aromatic carbocycles. The summed E-state index contributed by atoms with van der Waals surface area (Å²) in [6, 6.07) is 12.5. The first-order chi connectivity index (χ1) is 10.2. The molecule has 1 aliphatic heterocycles. The van der Waals surface area contributed by atoms with E-state index in [0.29, 0.717) is 35.6 Å². The van der Waals surface area contributed by atoms with Gasteiger partial charge in [-0.3, -0.25) is 4.79 Å². The minimum atomic E-state index is 0.0380. The van der Waals surface area contributed by atoms with E-state index in [1.807, 2.05) is 18.2 Å². The van der Waals surface area contributed by atoms with Gasteiger partial charge in [-0.2, -0.15) is 5.26 Å². The number of nitrogens with zero attached hydrogens (tertiary/aromatic N) is 1. The quantitative estimate of drug-likeness (QED) is 0.827. The lowest BCUT2D eigenvalue weighted by atomic mass is 10.0. The van der Waals surface area contributed by atoms with Crippen LogP contribution in [0.15, 0.2) is 36.4 Å². The number of nitriles is 1. The molecular weight excluding hydrogens is 266 g/mol. The minimum Gasteiger partial charge on any atom is -0.457 e. The van der Waals surface area contributed by atoms with Crippen molar-refractivity contribution in [3.8, 4) is 17.6 Å². The number of rotatable bonds is 2. The fourth-order valence-corrected chi connectivity index (χ4v) is 2.27. The van der Waals surface area contributed by atoms with Gasteiger partial charge in [0.1, 0.15) is 17.6 Å². The largest absolute Gasteiger partial charge is 0.457 e. The average Bonchev–Trinajstić information content (AvgIpc) is 2.48. The molecule has 0 unspecified atom stereocenters. The third kappa shape index (κ3) is 2.65. The molecular formula is C16H13N3O2. The van der Waals surface area contributed by atoms with E-state index in [1.54, 1.807) is 24.3 Å². The van der Waals surface area contributed by atoms with Crippen LogP contribution in [0.5, 0.6) is 11.5 Å². The van der Waals surface area contributed by atoms with Gasteiger partial charge < -0.3 is 15.8 Å². The predicted octanol–water partition coefficient (Wildman–Crippen LogP) is 2.82. The van der Waals surface area contributed by atoms with E-state index >= 15 is 0 Å². The van der Waals surface area contributed by atoms with E-state index in [9.17, 15) is 4.79 Å². The molecule has 0 aromatic heterocycles. The van der Waals surface area contributed by atoms with Crippen LogP contribution in [0.4, 0.5) is 11.4 Å². The summed E-state index contributed by atoms with van der Waals surface area (Å²) in [5.74, 6) is 1.29. The number of hydrogen-bond acceptors (Lipinski definition) is 4. The number of ether oxygens (including phenoxy) is 1. The van der Waals surface area contributed by atoms with Gasteiger partial charge in [0.15, 0.2) is 0 Å². The Morgan fingerprint density at radius 1 is 1.14 bits per heavy atom. The Kier molecular flexibility index (Phi) is 3.20. The monoisotopic (exact) mass is 279 g/mol. The van der Waals surface area contributed by atoms with E-state index in [1.165, 1.54) is 0 Å². The average molecular weight is 279 g/mol. The number of hydrogen-bond donors (Lipinski definition) is 2. The summed E-state index contributed by atoms with van der Waals surface area (Å²) in [7, 11) is 0. The van der Waals surface area contributed by atoms with Crippen molar-refractivity contribution in [2.24, 2.45) is 0 Å². The van der Waals surface area contributed by atoms with E-state index in [4.69, 9.17) is 15.7 Å². The maximum Gasteiger partial charge on any atom is 0.224 e. The first-order valence-electron chi connectivity index (χ1n) is 6.56. The van der Waals surface area contributed by atoms with Gasteiger partial charge in [0.25, 0.3) is 0 Å². The van der Waals surface area contributed by atoms with Gasteiger partial charge in [0, 0.05) is 18.2 Å². The number of carbonyl (C=O) groups is 1. The Hall–Kier alpha value is -3.00. The summed E-state index contributed by atoms with van der Waals surface area (Å²) in [4.78, 5) is 11.3. The van der Waals surface area contributed by atoms with Crippen molar-refractivity contribution in [2.75, 3.05) is 11.1 Å². The Morgan fingerprint density at radius 2 is 1.90 bits per heavy atom. The highest BCUT2D eigenvalue weighted by Gasteiger charge is 2.15. The lowest BCUT2D eigenvalue weighted by Gasteiger charge is -2.17. The highest BCUT2D eigenvalue weighted by molar-refractivity contribution is 5.94. The highest BCUT2D eigenvalue weighted by Crippen LogP contribution is 2.30. The molecule has 0 radical (unpaired) electrons. The molecule has 5 nitrogen and oxygen atoms in total. The van der Waals surface area contributed by atoms with Gasteiger partial charge in [-0.15, -0.1) is 0 Å². The first kappa shape index (κ1) is 13.0. The van der Waals surface area contributed by atoms with Crippen LogP contribution in [-0.4, -0.2) is 5.91 Å². The smallest absolute Gasteiger partial charge is 0.224 e. The number of nitrogens with two attached hydrogens (primary N) is 1. The molecule has 0 saturated heterocycles. The van der Waals surface area contributed by atoms with Crippen molar-refractivity contribution in [3.63, 3.8) is 0 Å². The summed E-state index contributed by atoms with van der Waals surface area (Å²) in [6.07, 6.45) is 1.19. The second-order valence-electron chi connectivity index (χ2n) is 4.83. The van der Waals surface area contributed by atoms with Crippen molar-refractivity contribution in [1.82, 2.24) is 0 Å². The Balaban J connectivity index is 1.84. The number of amides is 1. The zero-order chi connectivity index (χ0) is 14.8. The van der Waals surface area contributed by atoms with E-state index in [2.05, 4.69) is 5.32 Å². The van der Waals surface area contributed by atoms with Gasteiger partial charge in [0.2, 0.25) is 5.91 Å². The molecule has 1 heterocycles. The normalized spacial score (nSPS) is 13.0. The fourth-order valence-electron chi connectivity index (χ4n) is 2.27. The molecule has 0 atom stereocenters. The molecule has 2 aromatic rings. The van der Waals surface area contributed by atoms with Crippen LogP contribution in [0.25, 0.3) is 0 Å². The van der Waals surface area contributed by atoms with Crippen molar-refractivity contribution in [1.29, 1.82) is 5.26 Å². The first-order valence-corrected chi connectivity index (χ1v) is 6.56. The summed E-state index contributed by atoms with van der Waals surface area (Å²) in [5.41, 5.74) is 8.46. The molecule has 0 saturated carbocycles. The number of nitrogen functional groups attached to an aromatic ring is 1. The Labute approximate surface area is 121 Å². The summed E-state index contributed by atoms with van der Waals surface area (Å²) in [6.45, 7) is 0. The third-order valence-corrected chi connectivity index (χ3v) is 3.35. The van der Waals surface area contributed by atoms with Crippen LogP contribution < -0.4 is 15.8 Å². The summed E-state index contributed by atoms with van der Waals surface area (Å²) >= 11 is 0. The molecule has 5 heteroatoms.